The monoisotopic (exact) mass is 341 g/mol. The minimum atomic E-state index is -5.98. The molecule has 0 aliphatic heterocycles. The van der Waals surface area contributed by atoms with Crippen LogP contribution in [0.5, 0.6) is 0 Å². The molecule has 0 fully saturated rings. The second kappa shape index (κ2) is 7.57. The standard InChI is InChI=1S/C9H18F3NO5S2/c1-8(2)6-4-3-5-7-18-20(16,17)13-19(14,15)9(10,11)12/h8,13H,3-7H2,1-2H3. The minimum absolute atomic E-state index is 0.305. The Hall–Kier alpha value is -0.390. The molecule has 0 spiro atoms. The molecule has 0 radical (unpaired) electrons. The molecule has 6 nitrogen and oxygen atoms in total. The van der Waals surface area contributed by atoms with Gasteiger partial charge < -0.3 is 0 Å². The summed E-state index contributed by atoms with van der Waals surface area (Å²) in [7, 11) is -11.0. The van der Waals surface area contributed by atoms with Crippen LogP contribution >= 0.6 is 0 Å². The lowest BCUT2D eigenvalue weighted by atomic mass is 10.1. The molecule has 20 heavy (non-hydrogen) atoms. The highest BCUT2D eigenvalue weighted by atomic mass is 32.3. The van der Waals surface area contributed by atoms with Crippen molar-refractivity contribution in [1.82, 2.24) is 4.13 Å². The molecule has 122 valence electrons. The first-order chi connectivity index (χ1) is 8.87. The quantitative estimate of drug-likeness (QED) is 0.647. The van der Waals surface area contributed by atoms with E-state index in [2.05, 4.69) is 4.18 Å². The van der Waals surface area contributed by atoms with Crippen molar-refractivity contribution in [2.75, 3.05) is 6.61 Å². The molecular weight excluding hydrogens is 323 g/mol. The fourth-order valence-corrected chi connectivity index (χ4v) is 3.19. The molecule has 0 aromatic rings. The van der Waals surface area contributed by atoms with Crippen LogP contribution in [-0.4, -0.2) is 29.0 Å². The highest BCUT2D eigenvalue weighted by Gasteiger charge is 2.48. The molecule has 1 N–H and O–H groups in total. The molecule has 0 amide bonds. The summed E-state index contributed by atoms with van der Waals surface area (Å²) in [6.45, 7) is 3.67. The van der Waals surface area contributed by atoms with E-state index in [0.29, 0.717) is 22.9 Å². The summed E-state index contributed by atoms with van der Waals surface area (Å²) in [5.74, 6) is 0.498. The number of rotatable bonds is 9. The van der Waals surface area contributed by atoms with E-state index >= 15 is 0 Å². The SMILES string of the molecule is CC(C)CCCCCOS(=O)(=O)NS(=O)(=O)C(F)(F)F. The van der Waals surface area contributed by atoms with Crippen molar-refractivity contribution in [3.63, 3.8) is 0 Å². The van der Waals surface area contributed by atoms with Gasteiger partial charge in [0.2, 0.25) is 0 Å². The molecule has 0 unspecified atom stereocenters. The molecule has 0 aliphatic rings. The van der Waals surface area contributed by atoms with E-state index in [1.54, 1.807) is 0 Å². The predicted molar refractivity (Wildman–Crippen MR) is 66.3 cm³/mol. The third-order valence-corrected chi connectivity index (χ3v) is 4.96. The first-order valence-corrected chi connectivity index (χ1v) is 8.76. The van der Waals surface area contributed by atoms with Gasteiger partial charge in [-0.25, -0.2) is 8.42 Å². The van der Waals surface area contributed by atoms with Crippen LogP contribution in [0.1, 0.15) is 39.5 Å². The Labute approximate surface area is 117 Å². The largest absolute Gasteiger partial charge is 0.512 e. The van der Waals surface area contributed by atoms with Crippen molar-refractivity contribution in [2.45, 2.75) is 45.0 Å². The van der Waals surface area contributed by atoms with E-state index in [9.17, 15) is 30.0 Å². The number of alkyl halides is 3. The number of nitrogens with one attached hydrogen (secondary N) is 1. The maximum absolute atomic E-state index is 12.0. The Morgan fingerprint density at radius 2 is 1.60 bits per heavy atom. The molecule has 0 heterocycles. The molecular formula is C9H18F3NO5S2. The third kappa shape index (κ3) is 8.02. The van der Waals surface area contributed by atoms with E-state index in [-0.39, 0.29) is 6.61 Å². The average molecular weight is 341 g/mol. The molecule has 0 aromatic carbocycles. The zero-order valence-corrected chi connectivity index (χ0v) is 12.7. The van der Waals surface area contributed by atoms with E-state index in [4.69, 9.17) is 0 Å². The van der Waals surface area contributed by atoms with E-state index < -0.39 is 25.8 Å². The first-order valence-electron chi connectivity index (χ1n) is 5.86. The van der Waals surface area contributed by atoms with Gasteiger partial charge in [-0.05, 0) is 12.3 Å². The van der Waals surface area contributed by atoms with Crippen molar-refractivity contribution >= 4 is 20.3 Å². The van der Waals surface area contributed by atoms with Gasteiger partial charge in [0, 0.05) is 0 Å². The number of hydrogen-bond donors (Lipinski definition) is 1. The van der Waals surface area contributed by atoms with Gasteiger partial charge >= 0.3 is 25.8 Å². The maximum Gasteiger partial charge on any atom is 0.512 e. The molecule has 0 aliphatic carbocycles. The number of unbranched alkanes of at least 4 members (excludes halogenated alkanes) is 2. The van der Waals surface area contributed by atoms with Crippen molar-refractivity contribution < 1.29 is 34.2 Å². The molecule has 0 saturated carbocycles. The Bertz CT molecular complexity index is 484. The second-order valence-corrected chi connectivity index (χ2v) is 7.83. The Morgan fingerprint density at radius 1 is 1.05 bits per heavy atom. The number of halogens is 3. The van der Waals surface area contributed by atoms with E-state index in [1.165, 1.54) is 0 Å². The van der Waals surface area contributed by atoms with Crippen LogP contribution in [-0.2, 0) is 24.5 Å². The number of hydrogen-bond acceptors (Lipinski definition) is 5. The van der Waals surface area contributed by atoms with Gasteiger partial charge in [-0.2, -0.15) is 21.6 Å². The van der Waals surface area contributed by atoms with E-state index in [1.807, 2.05) is 13.8 Å². The molecule has 0 saturated heterocycles. The zero-order chi connectivity index (χ0) is 16.0. The minimum Gasteiger partial charge on any atom is -0.257 e. The molecule has 0 bridgehead atoms. The lowest BCUT2D eigenvalue weighted by Gasteiger charge is -2.10. The van der Waals surface area contributed by atoms with Crippen molar-refractivity contribution in [2.24, 2.45) is 5.92 Å². The van der Waals surface area contributed by atoms with Crippen molar-refractivity contribution in [3.05, 3.63) is 0 Å². The Morgan fingerprint density at radius 3 is 2.05 bits per heavy atom. The highest BCUT2D eigenvalue weighted by molar-refractivity contribution is 8.03. The van der Waals surface area contributed by atoms with Gasteiger partial charge in [0.25, 0.3) is 0 Å². The van der Waals surface area contributed by atoms with Crippen LogP contribution in [0.3, 0.4) is 0 Å². The van der Waals surface area contributed by atoms with Gasteiger partial charge in [-0.15, -0.1) is 0 Å². The zero-order valence-electron chi connectivity index (χ0n) is 11.1. The van der Waals surface area contributed by atoms with Gasteiger partial charge in [-0.3, -0.25) is 4.18 Å². The van der Waals surface area contributed by atoms with Crippen LogP contribution in [0.15, 0.2) is 0 Å². The fraction of sp³-hybridized carbons (Fsp3) is 1.00. The van der Waals surface area contributed by atoms with Gasteiger partial charge in [0.15, 0.2) is 0 Å². The van der Waals surface area contributed by atoms with Crippen molar-refractivity contribution in [1.29, 1.82) is 0 Å². The summed E-state index contributed by atoms with van der Waals surface area (Å²) < 4.78 is 83.7. The Kier molecular flexibility index (Phi) is 7.42. The maximum atomic E-state index is 12.0. The summed E-state index contributed by atoms with van der Waals surface area (Å²) >= 11 is 0. The fourth-order valence-electron chi connectivity index (χ4n) is 1.21. The van der Waals surface area contributed by atoms with Crippen LogP contribution in [0.25, 0.3) is 0 Å². The number of sulfonamides is 1. The first kappa shape index (κ1) is 19.6. The van der Waals surface area contributed by atoms with Crippen LogP contribution < -0.4 is 4.13 Å². The Balaban J connectivity index is 4.17. The summed E-state index contributed by atoms with van der Waals surface area (Å²) in [5.41, 5.74) is -5.71. The smallest absolute Gasteiger partial charge is 0.257 e. The van der Waals surface area contributed by atoms with E-state index in [0.717, 1.165) is 12.8 Å². The summed E-state index contributed by atoms with van der Waals surface area (Å²) in [6.07, 6.45) is 2.71. The summed E-state index contributed by atoms with van der Waals surface area (Å²) in [6, 6.07) is 0. The van der Waals surface area contributed by atoms with Crippen LogP contribution in [0.4, 0.5) is 13.2 Å². The second-order valence-electron chi connectivity index (χ2n) is 4.55. The third-order valence-electron chi connectivity index (χ3n) is 2.18. The topological polar surface area (TPSA) is 89.5 Å². The van der Waals surface area contributed by atoms with Crippen LogP contribution in [0.2, 0.25) is 0 Å². The molecule has 11 heteroatoms. The summed E-state index contributed by atoms with van der Waals surface area (Å²) in [5, 5.41) is 0. The molecule has 0 rings (SSSR count). The lowest BCUT2D eigenvalue weighted by molar-refractivity contribution is -0.0442. The van der Waals surface area contributed by atoms with Gasteiger partial charge in [-0.1, -0.05) is 37.2 Å². The average Bonchev–Trinajstić information content (AvgIpc) is 2.19. The summed E-state index contributed by atoms with van der Waals surface area (Å²) in [4.78, 5) is 0. The van der Waals surface area contributed by atoms with Gasteiger partial charge in [0.1, 0.15) is 0 Å². The molecule has 0 aromatic heterocycles. The normalized spacial score (nSPS) is 13.9. The molecule has 0 atom stereocenters. The highest BCUT2D eigenvalue weighted by Crippen LogP contribution is 2.22. The van der Waals surface area contributed by atoms with Crippen LogP contribution in [0, 0.1) is 5.92 Å². The van der Waals surface area contributed by atoms with Crippen molar-refractivity contribution in [3.8, 4) is 0 Å². The van der Waals surface area contributed by atoms with Gasteiger partial charge in [0.05, 0.1) is 6.61 Å². The lowest BCUT2D eigenvalue weighted by Crippen LogP contribution is -2.41. The predicted octanol–water partition coefficient (Wildman–Crippen LogP) is 1.90.